The van der Waals surface area contributed by atoms with Crippen LogP contribution in [-0.2, 0) is 0 Å². The summed E-state index contributed by atoms with van der Waals surface area (Å²) in [5.41, 5.74) is 9.67. The van der Waals surface area contributed by atoms with E-state index in [0.717, 1.165) is 77.2 Å². The van der Waals surface area contributed by atoms with E-state index in [1.54, 1.807) is 0 Å². The maximum Gasteiger partial charge on any atom is 0.170 e. The van der Waals surface area contributed by atoms with Crippen molar-refractivity contribution >= 4 is 86.8 Å². The second-order valence-corrected chi connectivity index (χ2v) is 16.2. The second kappa shape index (κ2) is 12.6. The number of furan rings is 1. The summed E-state index contributed by atoms with van der Waals surface area (Å²) in [6, 6.07) is 68.8. The fourth-order valence-corrected chi connectivity index (χ4v) is 10.3. The summed E-state index contributed by atoms with van der Waals surface area (Å²) in [4.78, 5) is 16.1. The van der Waals surface area contributed by atoms with Gasteiger partial charge in [0.15, 0.2) is 17.5 Å². The van der Waals surface area contributed by atoms with Gasteiger partial charge in [-0.2, -0.15) is 0 Å². The average molecular weight is 789 g/mol. The van der Waals surface area contributed by atoms with Gasteiger partial charge in [-0.25, -0.2) is 15.0 Å². The first-order valence-corrected chi connectivity index (χ1v) is 21.0. The zero-order chi connectivity index (χ0) is 40.5. The van der Waals surface area contributed by atoms with Crippen molar-refractivity contribution in [3.63, 3.8) is 0 Å². The van der Waals surface area contributed by atoms with Gasteiger partial charge in [-0.3, -0.25) is 0 Å². The average Bonchev–Trinajstić information content (AvgIpc) is 3.91. The second-order valence-electron chi connectivity index (χ2n) is 16.2. The molecule has 3 aromatic heterocycles. The van der Waals surface area contributed by atoms with Crippen molar-refractivity contribution in [2.75, 3.05) is 0 Å². The highest BCUT2D eigenvalue weighted by Gasteiger charge is 2.29. The molecular weight excluding hydrogens is 757 g/mol. The molecule has 0 radical (unpaired) electrons. The van der Waals surface area contributed by atoms with E-state index in [4.69, 9.17) is 19.4 Å². The predicted octanol–water partition coefficient (Wildman–Crippen LogP) is 15.0. The van der Waals surface area contributed by atoms with E-state index < -0.39 is 0 Å². The van der Waals surface area contributed by atoms with Crippen LogP contribution in [-0.4, -0.2) is 19.5 Å². The van der Waals surface area contributed by atoms with Crippen LogP contribution < -0.4 is 0 Å². The Kier molecular flexibility index (Phi) is 6.77. The molecule has 0 amide bonds. The van der Waals surface area contributed by atoms with Gasteiger partial charge in [-0.1, -0.05) is 170 Å². The van der Waals surface area contributed by atoms with Gasteiger partial charge in [0.05, 0.1) is 22.3 Å². The molecule has 286 valence electrons. The predicted molar refractivity (Wildman–Crippen MR) is 256 cm³/mol. The summed E-state index contributed by atoms with van der Waals surface area (Å²) in [6.07, 6.45) is 0. The third-order valence-corrected chi connectivity index (χ3v) is 13.0. The zero-order valence-corrected chi connectivity index (χ0v) is 33.2. The molecule has 3 heterocycles. The Hall–Kier alpha value is -8.41. The number of aromatic nitrogens is 4. The minimum Gasteiger partial charge on any atom is -0.455 e. The molecular formula is C57H32N4O. The zero-order valence-electron chi connectivity index (χ0n) is 33.2. The van der Waals surface area contributed by atoms with Crippen molar-refractivity contribution in [2.24, 2.45) is 0 Å². The molecule has 0 spiro atoms. The fraction of sp³-hybridized carbons (Fsp3) is 0. The third-order valence-electron chi connectivity index (χ3n) is 13.0. The molecule has 0 fully saturated rings. The molecule has 0 aliphatic carbocycles. The number of fused-ring (bicyclic) bond motifs is 6. The number of benzene rings is 11. The maximum absolute atomic E-state index is 7.19. The first-order chi connectivity index (χ1) is 30.8. The fourth-order valence-electron chi connectivity index (χ4n) is 10.3. The van der Waals surface area contributed by atoms with Crippen LogP contribution in [0.25, 0.3) is 138 Å². The lowest BCUT2D eigenvalue weighted by molar-refractivity contribution is 0.669. The molecule has 0 atom stereocenters. The molecule has 0 aliphatic heterocycles. The molecule has 5 heteroatoms. The van der Waals surface area contributed by atoms with Crippen molar-refractivity contribution in [2.45, 2.75) is 0 Å². The van der Waals surface area contributed by atoms with Crippen LogP contribution in [0.3, 0.4) is 0 Å². The summed E-state index contributed by atoms with van der Waals surface area (Å²) in [7, 11) is 0. The number of rotatable bonds is 5. The van der Waals surface area contributed by atoms with Gasteiger partial charge >= 0.3 is 0 Å². The van der Waals surface area contributed by atoms with Crippen LogP contribution in [0.2, 0.25) is 0 Å². The highest BCUT2D eigenvalue weighted by molar-refractivity contribution is 6.37. The minimum atomic E-state index is 0.544. The molecule has 14 aromatic rings. The first-order valence-electron chi connectivity index (χ1n) is 21.0. The Morgan fingerprint density at radius 2 is 0.758 bits per heavy atom. The number of hydrogen-bond acceptors (Lipinski definition) is 4. The van der Waals surface area contributed by atoms with Crippen LogP contribution in [0.5, 0.6) is 0 Å². The maximum atomic E-state index is 7.19. The third kappa shape index (κ3) is 4.59. The largest absolute Gasteiger partial charge is 0.455 e. The molecule has 11 aromatic carbocycles. The van der Waals surface area contributed by atoms with E-state index in [1.165, 1.54) is 43.1 Å². The highest BCUT2D eigenvalue weighted by Crippen LogP contribution is 2.50. The molecule has 5 nitrogen and oxygen atoms in total. The van der Waals surface area contributed by atoms with Gasteiger partial charge in [0.25, 0.3) is 0 Å². The molecule has 14 rings (SSSR count). The SMILES string of the molecule is c1ccc(-c2ccc(-c3nc(-c4ccccc4)nc(-c4c(-n5c6cccc7c8ccccc8c8cccc5c8c76)cc5c6ccccc6c6cccc7oc4c5c76)n3)cc2)cc1. The lowest BCUT2D eigenvalue weighted by Gasteiger charge is -2.17. The summed E-state index contributed by atoms with van der Waals surface area (Å²) < 4.78 is 9.62. The summed E-state index contributed by atoms with van der Waals surface area (Å²) >= 11 is 0. The van der Waals surface area contributed by atoms with E-state index in [0.29, 0.717) is 17.5 Å². The molecule has 62 heavy (non-hydrogen) atoms. The van der Waals surface area contributed by atoms with E-state index in [2.05, 4.69) is 174 Å². The van der Waals surface area contributed by atoms with Crippen molar-refractivity contribution in [3.05, 3.63) is 194 Å². The topological polar surface area (TPSA) is 56.7 Å². The lowest BCUT2D eigenvalue weighted by atomic mass is 9.92. The van der Waals surface area contributed by atoms with E-state index >= 15 is 0 Å². The standard InChI is InChI=1S/C57H32N4O/c1-3-14-33(15-4-1)34-28-30-36(31-29-34)56-58-55(35-16-5-2-6-17-35)59-57(60-56)53-47(32-44-40-21-10-9-20-39(40)43-24-13-27-48-51(43)52(44)54(53)62-48)61-45-25-11-22-41-37-18-7-8-19-38(37)42-23-12-26-46(61)50(42)49(41)45/h1-32H. The van der Waals surface area contributed by atoms with Crippen molar-refractivity contribution < 1.29 is 4.42 Å². The molecule has 0 bridgehead atoms. The van der Waals surface area contributed by atoms with Gasteiger partial charge in [-0.15, -0.1) is 0 Å². The Morgan fingerprint density at radius 3 is 1.35 bits per heavy atom. The molecule has 0 aliphatic rings. The normalized spacial score (nSPS) is 12.2. The molecule has 0 saturated heterocycles. The van der Waals surface area contributed by atoms with Crippen LogP contribution in [0.4, 0.5) is 0 Å². The van der Waals surface area contributed by atoms with Crippen LogP contribution in [0.1, 0.15) is 0 Å². The van der Waals surface area contributed by atoms with Crippen molar-refractivity contribution in [1.29, 1.82) is 0 Å². The monoisotopic (exact) mass is 788 g/mol. The Balaban J connectivity index is 1.15. The van der Waals surface area contributed by atoms with E-state index in [1.807, 2.05) is 24.3 Å². The molecule has 0 N–H and O–H groups in total. The van der Waals surface area contributed by atoms with Gasteiger partial charge in [0.1, 0.15) is 11.2 Å². The first kappa shape index (κ1) is 33.4. The number of hydrogen-bond donors (Lipinski definition) is 0. The van der Waals surface area contributed by atoms with Crippen molar-refractivity contribution in [3.8, 4) is 51.0 Å². The van der Waals surface area contributed by atoms with E-state index in [-0.39, 0.29) is 0 Å². The van der Waals surface area contributed by atoms with Crippen LogP contribution in [0, 0.1) is 0 Å². The smallest absolute Gasteiger partial charge is 0.170 e. The number of nitrogens with zero attached hydrogens (tertiary/aromatic N) is 4. The van der Waals surface area contributed by atoms with Gasteiger partial charge in [0.2, 0.25) is 0 Å². The van der Waals surface area contributed by atoms with E-state index in [9.17, 15) is 0 Å². The van der Waals surface area contributed by atoms with Crippen LogP contribution in [0.15, 0.2) is 199 Å². The Morgan fingerprint density at radius 1 is 0.323 bits per heavy atom. The lowest BCUT2D eigenvalue weighted by Crippen LogP contribution is -2.04. The highest BCUT2D eigenvalue weighted by atomic mass is 16.3. The van der Waals surface area contributed by atoms with Gasteiger partial charge in [0, 0.05) is 32.7 Å². The summed E-state index contributed by atoms with van der Waals surface area (Å²) in [5, 5.41) is 14.3. The summed E-state index contributed by atoms with van der Waals surface area (Å²) in [6.45, 7) is 0. The van der Waals surface area contributed by atoms with Crippen LogP contribution >= 0.6 is 0 Å². The Bertz CT molecular complexity index is 3990. The summed E-state index contributed by atoms with van der Waals surface area (Å²) in [5.74, 6) is 1.73. The minimum absolute atomic E-state index is 0.544. The van der Waals surface area contributed by atoms with Gasteiger partial charge in [-0.05, 0) is 78.5 Å². The van der Waals surface area contributed by atoms with Crippen molar-refractivity contribution in [1.82, 2.24) is 19.5 Å². The van der Waals surface area contributed by atoms with Gasteiger partial charge < -0.3 is 8.98 Å². The molecule has 0 unspecified atom stereocenters. The quantitative estimate of drug-likeness (QED) is 0.163. The Labute approximate surface area is 354 Å². The molecule has 0 saturated carbocycles.